The molecule has 2 aromatic rings. The summed E-state index contributed by atoms with van der Waals surface area (Å²) in [5.41, 5.74) is 4.53. The Balaban J connectivity index is 2.15. The number of carboxylic acid groups (broad SMARTS) is 1. The lowest BCUT2D eigenvalue weighted by atomic mass is 9.88. The van der Waals surface area contributed by atoms with E-state index < -0.39 is 5.97 Å². The number of carboxylic acids is 1. The summed E-state index contributed by atoms with van der Waals surface area (Å²) in [4.78, 5) is 26.9. The molecule has 0 bridgehead atoms. The Hall–Kier alpha value is -3.58. The number of fused-ring (bicyclic) bond motifs is 2. The number of Topliss-reactive ketones (excluding diaryl/α,β-unsaturated/α-hetero) is 1. The van der Waals surface area contributed by atoms with E-state index in [1.165, 1.54) is 6.07 Å². The highest BCUT2D eigenvalue weighted by Crippen LogP contribution is 2.42. The van der Waals surface area contributed by atoms with E-state index in [-0.39, 0.29) is 17.1 Å². The number of carbonyl (C=O) groups excluding carboxylic acids is 1. The van der Waals surface area contributed by atoms with Crippen LogP contribution in [0.2, 0.25) is 0 Å². The van der Waals surface area contributed by atoms with E-state index in [9.17, 15) is 14.7 Å². The van der Waals surface area contributed by atoms with Gasteiger partial charge in [-0.25, -0.2) is 9.37 Å². The number of nitrogens with zero attached hydrogens (tertiary/aromatic N) is 2. The first-order valence-electron chi connectivity index (χ1n) is 12.7. The number of hydrogen-bond acceptors (Lipinski definition) is 5. The zero-order valence-electron chi connectivity index (χ0n) is 21.7. The first-order chi connectivity index (χ1) is 17.9. The molecule has 1 aliphatic carbocycles. The van der Waals surface area contributed by atoms with E-state index in [1.807, 2.05) is 24.3 Å². The second-order valence-electron chi connectivity index (χ2n) is 8.83. The highest BCUT2D eigenvalue weighted by Gasteiger charge is 2.23. The van der Waals surface area contributed by atoms with Crippen molar-refractivity contribution in [3.63, 3.8) is 0 Å². The third kappa shape index (κ3) is 5.01. The average Bonchev–Trinajstić information content (AvgIpc) is 2.92. The second kappa shape index (κ2) is 11.2. The molecule has 0 radical (unpaired) electrons. The topological polar surface area (TPSA) is 73.8 Å². The molecule has 0 saturated carbocycles. The first kappa shape index (κ1) is 26.5. The van der Waals surface area contributed by atoms with Gasteiger partial charge in [-0.15, -0.1) is 0 Å². The van der Waals surface area contributed by atoms with Gasteiger partial charge >= 0.3 is 5.97 Å². The molecule has 1 N–H and O–H groups in total. The Morgan fingerprint density at radius 1 is 0.919 bits per heavy atom. The van der Waals surface area contributed by atoms with Gasteiger partial charge in [0.05, 0.1) is 17.4 Å². The molecule has 0 unspecified atom stereocenters. The lowest BCUT2D eigenvalue weighted by Gasteiger charge is -2.22. The van der Waals surface area contributed by atoms with Gasteiger partial charge in [-0.3, -0.25) is 4.79 Å². The van der Waals surface area contributed by atoms with Gasteiger partial charge in [0.1, 0.15) is 24.4 Å². The Morgan fingerprint density at radius 3 is 2.24 bits per heavy atom. The maximum Gasteiger partial charge on any atom is 0.335 e. The number of carbonyl (C=O) groups is 2. The minimum Gasteiger partial charge on any atom is -0.478 e. The van der Waals surface area contributed by atoms with Crippen LogP contribution in [0.3, 0.4) is 0 Å². The Kier molecular flexibility index (Phi) is 8.03. The maximum absolute atomic E-state index is 13.0. The number of benzene rings is 3. The SMILES string of the molecule is CCN(CC)c1ccc2c(-c3ccc(C(=O)O)cc3C(=O)CS)c3ccc(=[N+](CC)CC)cc-3oc2c1. The summed E-state index contributed by atoms with van der Waals surface area (Å²) >= 11 is 4.21. The summed E-state index contributed by atoms with van der Waals surface area (Å²) in [6.45, 7) is 11.9. The molecule has 6 nitrogen and oxygen atoms in total. The van der Waals surface area contributed by atoms with Crippen molar-refractivity contribution in [3.05, 3.63) is 71.1 Å². The van der Waals surface area contributed by atoms with Crippen LogP contribution in [0.1, 0.15) is 48.4 Å². The van der Waals surface area contributed by atoms with Crippen molar-refractivity contribution in [3.8, 4) is 22.5 Å². The number of thiol groups is 1. The number of hydrogen-bond donors (Lipinski definition) is 2. The molecular weight excluding hydrogens is 484 g/mol. The van der Waals surface area contributed by atoms with Crippen molar-refractivity contribution < 1.29 is 19.1 Å². The van der Waals surface area contributed by atoms with Gasteiger partial charge in [0.2, 0.25) is 5.36 Å². The van der Waals surface area contributed by atoms with Gasteiger partial charge in [-0.1, -0.05) is 6.07 Å². The third-order valence-electron chi connectivity index (χ3n) is 6.93. The van der Waals surface area contributed by atoms with Crippen LogP contribution in [0.15, 0.2) is 59.0 Å². The van der Waals surface area contributed by atoms with E-state index in [1.54, 1.807) is 12.1 Å². The normalized spacial score (nSPS) is 11.2. The van der Waals surface area contributed by atoms with Crippen LogP contribution < -0.4 is 14.8 Å². The van der Waals surface area contributed by atoms with E-state index in [0.717, 1.165) is 53.7 Å². The van der Waals surface area contributed by atoms with Gasteiger partial charge in [0.15, 0.2) is 5.78 Å². The van der Waals surface area contributed by atoms with Crippen molar-refractivity contribution >= 4 is 41.0 Å². The highest BCUT2D eigenvalue weighted by atomic mass is 32.1. The Labute approximate surface area is 222 Å². The van der Waals surface area contributed by atoms with Crippen molar-refractivity contribution in [2.45, 2.75) is 27.7 Å². The van der Waals surface area contributed by atoms with E-state index in [4.69, 9.17) is 4.42 Å². The van der Waals surface area contributed by atoms with Crippen molar-refractivity contribution in [2.75, 3.05) is 36.8 Å². The van der Waals surface area contributed by atoms with Crippen LogP contribution in [0.4, 0.5) is 5.69 Å². The summed E-state index contributed by atoms with van der Waals surface area (Å²) in [7, 11) is 0. The van der Waals surface area contributed by atoms with Crippen LogP contribution in [0.25, 0.3) is 33.4 Å². The molecule has 1 aliphatic heterocycles. The fourth-order valence-electron chi connectivity index (χ4n) is 4.94. The summed E-state index contributed by atoms with van der Waals surface area (Å²) in [6.07, 6.45) is 0. The predicted molar refractivity (Wildman–Crippen MR) is 153 cm³/mol. The molecule has 0 aromatic heterocycles. The zero-order chi connectivity index (χ0) is 26.7. The van der Waals surface area contributed by atoms with E-state index in [0.29, 0.717) is 22.5 Å². The summed E-state index contributed by atoms with van der Waals surface area (Å²) in [5.74, 6) is -0.634. The van der Waals surface area contributed by atoms with Gasteiger partial charge in [0, 0.05) is 53.0 Å². The third-order valence-corrected chi connectivity index (χ3v) is 7.21. The zero-order valence-corrected chi connectivity index (χ0v) is 22.6. The molecule has 0 saturated heterocycles. The monoisotopic (exact) mass is 517 g/mol. The van der Waals surface area contributed by atoms with Crippen LogP contribution >= 0.6 is 12.6 Å². The molecule has 0 fully saturated rings. The van der Waals surface area contributed by atoms with Crippen LogP contribution in [0, 0.1) is 0 Å². The van der Waals surface area contributed by atoms with E-state index in [2.05, 4.69) is 61.9 Å². The molecule has 4 rings (SSSR count). The van der Waals surface area contributed by atoms with Gasteiger partial charge in [-0.2, -0.15) is 12.6 Å². The highest BCUT2D eigenvalue weighted by molar-refractivity contribution is 7.81. The quantitative estimate of drug-likeness (QED) is 0.129. The number of rotatable bonds is 9. The summed E-state index contributed by atoms with van der Waals surface area (Å²) < 4.78 is 8.76. The Bertz CT molecular complexity index is 1510. The first-order valence-corrected chi connectivity index (χ1v) is 13.3. The summed E-state index contributed by atoms with van der Waals surface area (Å²) in [5, 5.41) is 11.5. The molecule has 0 amide bonds. The van der Waals surface area contributed by atoms with Gasteiger partial charge in [-0.05, 0) is 63.6 Å². The van der Waals surface area contributed by atoms with Crippen molar-refractivity contribution in [1.29, 1.82) is 0 Å². The molecule has 37 heavy (non-hydrogen) atoms. The lowest BCUT2D eigenvalue weighted by Crippen LogP contribution is -2.29. The molecular formula is C30H33N2O4S+. The Morgan fingerprint density at radius 2 is 1.62 bits per heavy atom. The number of aromatic carboxylic acids is 1. The van der Waals surface area contributed by atoms with Gasteiger partial charge < -0.3 is 14.4 Å². The maximum atomic E-state index is 13.0. The standard InChI is InChI=1S/C30H32N2O4S/c1-5-31(6-2)20-10-13-23-27(16-20)36-28-17-21(32(7-3)8-4)11-14-24(28)29(23)22-12-9-19(30(34)35)15-25(22)26(33)18-37/h9-17H,5-8,18H2,1-4H3,(H-,34,35,37)/p+1. The number of ketones is 1. The fraction of sp³-hybridized carbons (Fsp3) is 0.300. The largest absolute Gasteiger partial charge is 0.478 e. The van der Waals surface area contributed by atoms with Crippen LogP contribution in [-0.4, -0.2) is 48.8 Å². The molecule has 7 heteroatoms. The average molecular weight is 518 g/mol. The second-order valence-corrected chi connectivity index (χ2v) is 9.15. The molecule has 0 atom stereocenters. The van der Waals surface area contributed by atoms with Crippen LogP contribution in [-0.2, 0) is 0 Å². The molecule has 192 valence electrons. The van der Waals surface area contributed by atoms with Gasteiger partial charge in [0.25, 0.3) is 0 Å². The minimum absolute atomic E-state index is 0.0264. The van der Waals surface area contributed by atoms with Crippen molar-refractivity contribution in [2.24, 2.45) is 0 Å². The molecule has 1 heterocycles. The summed E-state index contributed by atoms with van der Waals surface area (Å²) in [6, 6.07) is 17.0. The smallest absolute Gasteiger partial charge is 0.335 e. The van der Waals surface area contributed by atoms with Crippen molar-refractivity contribution in [1.82, 2.24) is 4.58 Å². The molecule has 0 spiro atoms. The molecule has 2 aliphatic rings. The fourth-order valence-corrected chi connectivity index (χ4v) is 5.11. The van der Waals surface area contributed by atoms with Crippen LogP contribution in [0.5, 0.6) is 0 Å². The molecule has 2 aromatic carbocycles. The lowest BCUT2D eigenvalue weighted by molar-refractivity contribution is 0.0697. The predicted octanol–water partition coefficient (Wildman–Crippen LogP) is 5.67. The minimum atomic E-state index is -1.08. The van der Waals surface area contributed by atoms with E-state index >= 15 is 0 Å². The number of anilines is 1.